The summed E-state index contributed by atoms with van der Waals surface area (Å²) in [6.45, 7) is 3.86. The lowest BCUT2D eigenvalue weighted by molar-refractivity contribution is 0.0593. The fourth-order valence-corrected chi connectivity index (χ4v) is 2.27. The average Bonchev–Trinajstić information content (AvgIpc) is 2.39. The summed E-state index contributed by atoms with van der Waals surface area (Å²) in [7, 11) is 3.46. The van der Waals surface area contributed by atoms with Crippen molar-refractivity contribution in [2.75, 3.05) is 45.2 Å². The third-order valence-corrected chi connectivity index (χ3v) is 3.68. The number of carbonyl (C=O) groups excluding carboxylic acids is 1. The van der Waals surface area contributed by atoms with Crippen LogP contribution >= 0.6 is 15.9 Å². The normalized spacial score (nSPS) is 16.7. The monoisotopic (exact) mass is 313 g/mol. The molecule has 1 saturated heterocycles. The van der Waals surface area contributed by atoms with Crippen LogP contribution in [0.4, 0.5) is 5.82 Å². The molecule has 18 heavy (non-hydrogen) atoms. The number of halogens is 1. The van der Waals surface area contributed by atoms with Crippen molar-refractivity contribution in [2.45, 2.75) is 0 Å². The van der Waals surface area contributed by atoms with Crippen LogP contribution in [0.2, 0.25) is 0 Å². The molecule has 0 unspecified atom stereocenters. The Morgan fingerprint density at radius 3 is 2.61 bits per heavy atom. The van der Waals surface area contributed by atoms with E-state index >= 15 is 0 Å². The Bertz CT molecular complexity index is 445. The Labute approximate surface area is 115 Å². The molecule has 0 aliphatic carbocycles. The predicted octanol–water partition coefficient (Wildman–Crippen LogP) is 1.38. The van der Waals surface area contributed by atoms with E-state index in [0.717, 1.165) is 32.0 Å². The fraction of sp³-hybridized carbons (Fsp3) is 0.500. The van der Waals surface area contributed by atoms with Gasteiger partial charge < -0.3 is 14.5 Å². The SMILES string of the molecule is COC(=O)c1nc(N2CCN(C)CC2)ccc1Br. The van der Waals surface area contributed by atoms with Crippen LogP contribution in [0.3, 0.4) is 0 Å². The molecule has 0 N–H and O–H groups in total. The van der Waals surface area contributed by atoms with Gasteiger partial charge in [0.25, 0.3) is 0 Å². The summed E-state index contributed by atoms with van der Waals surface area (Å²) in [6.07, 6.45) is 0. The summed E-state index contributed by atoms with van der Waals surface area (Å²) in [5.41, 5.74) is 0.328. The summed E-state index contributed by atoms with van der Waals surface area (Å²) in [5, 5.41) is 0. The molecule has 0 radical (unpaired) electrons. The quantitative estimate of drug-likeness (QED) is 0.772. The number of nitrogens with zero attached hydrogens (tertiary/aromatic N) is 3. The summed E-state index contributed by atoms with van der Waals surface area (Å²) >= 11 is 3.32. The van der Waals surface area contributed by atoms with Crippen molar-refractivity contribution in [3.63, 3.8) is 0 Å². The molecule has 0 saturated carbocycles. The second kappa shape index (κ2) is 5.67. The molecule has 1 aliphatic rings. The Kier molecular flexibility index (Phi) is 4.19. The molecule has 0 spiro atoms. The van der Waals surface area contributed by atoms with Gasteiger partial charge in [0, 0.05) is 26.2 Å². The molecule has 2 rings (SSSR count). The Morgan fingerprint density at radius 1 is 1.33 bits per heavy atom. The lowest BCUT2D eigenvalue weighted by Crippen LogP contribution is -2.44. The predicted molar refractivity (Wildman–Crippen MR) is 73.0 cm³/mol. The lowest BCUT2D eigenvalue weighted by atomic mass is 10.3. The molecule has 6 heteroatoms. The molecule has 1 aromatic heterocycles. The minimum atomic E-state index is -0.419. The van der Waals surface area contributed by atoms with Crippen molar-refractivity contribution < 1.29 is 9.53 Å². The van der Waals surface area contributed by atoms with Crippen molar-refractivity contribution in [3.05, 3.63) is 22.3 Å². The topological polar surface area (TPSA) is 45.7 Å². The van der Waals surface area contributed by atoms with E-state index < -0.39 is 5.97 Å². The molecule has 1 aromatic rings. The first-order valence-corrected chi connectivity index (χ1v) is 6.59. The van der Waals surface area contributed by atoms with Crippen LogP contribution in [-0.4, -0.2) is 56.2 Å². The molecule has 98 valence electrons. The maximum absolute atomic E-state index is 11.6. The van der Waals surface area contributed by atoms with Gasteiger partial charge in [-0.05, 0) is 35.1 Å². The third-order valence-electron chi connectivity index (χ3n) is 3.04. The largest absolute Gasteiger partial charge is 0.464 e. The van der Waals surface area contributed by atoms with Gasteiger partial charge in [-0.2, -0.15) is 0 Å². The molecular weight excluding hydrogens is 298 g/mol. The minimum Gasteiger partial charge on any atom is -0.464 e. The molecular formula is C12H16BrN3O2. The summed E-state index contributed by atoms with van der Waals surface area (Å²) < 4.78 is 5.38. The number of hydrogen-bond acceptors (Lipinski definition) is 5. The van der Waals surface area contributed by atoms with Crippen molar-refractivity contribution in [1.82, 2.24) is 9.88 Å². The molecule has 1 aliphatic heterocycles. The fourth-order valence-electron chi connectivity index (χ4n) is 1.88. The molecule has 5 nitrogen and oxygen atoms in total. The van der Waals surface area contributed by atoms with Crippen molar-refractivity contribution in [2.24, 2.45) is 0 Å². The second-order valence-corrected chi connectivity index (χ2v) is 5.14. The van der Waals surface area contributed by atoms with E-state index in [-0.39, 0.29) is 0 Å². The van der Waals surface area contributed by atoms with E-state index in [2.05, 4.69) is 37.8 Å². The maximum atomic E-state index is 11.6. The number of esters is 1. The van der Waals surface area contributed by atoms with E-state index in [9.17, 15) is 4.79 Å². The minimum absolute atomic E-state index is 0.328. The highest BCUT2D eigenvalue weighted by Crippen LogP contribution is 2.21. The number of aromatic nitrogens is 1. The second-order valence-electron chi connectivity index (χ2n) is 4.28. The van der Waals surface area contributed by atoms with Crippen LogP contribution < -0.4 is 4.90 Å². The van der Waals surface area contributed by atoms with Crippen LogP contribution in [-0.2, 0) is 4.74 Å². The standard InChI is InChI=1S/C12H16BrN3O2/c1-15-5-7-16(8-6-15)10-4-3-9(13)11(14-10)12(17)18-2/h3-4H,5-8H2,1-2H3. The summed E-state index contributed by atoms with van der Waals surface area (Å²) in [5.74, 6) is 0.407. The van der Waals surface area contributed by atoms with E-state index in [0.29, 0.717) is 10.2 Å². The molecule has 0 amide bonds. The first kappa shape index (κ1) is 13.3. The van der Waals surface area contributed by atoms with Crippen LogP contribution in [0.15, 0.2) is 16.6 Å². The van der Waals surface area contributed by atoms with Gasteiger partial charge in [-0.1, -0.05) is 0 Å². The van der Waals surface area contributed by atoms with E-state index in [1.54, 1.807) is 0 Å². The van der Waals surface area contributed by atoms with Gasteiger partial charge in [-0.15, -0.1) is 0 Å². The van der Waals surface area contributed by atoms with Crippen LogP contribution in [0.1, 0.15) is 10.5 Å². The summed E-state index contributed by atoms with van der Waals surface area (Å²) in [6, 6.07) is 3.76. The number of pyridine rings is 1. The highest BCUT2D eigenvalue weighted by molar-refractivity contribution is 9.10. The number of piperazine rings is 1. The van der Waals surface area contributed by atoms with E-state index in [1.807, 2.05) is 12.1 Å². The highest BCUT2D eigenvalue weighted by Gasteiger charge is 2.18. The maximum Gasteiger partial charge on any atom is 0.357 e. The van der Waals surface area contributed by atoms with E-state index in [4.69, 9.17) is 4.74 Å². The number of ether oxygens (including phenoxy) is 1. The van der Waals surface area contributed by atoms with Gasteiger partial charge >= 0.3 is 5.97 Å². The Balaban J connectivity index is 2.21. The van der Waals surface area contributed by atoms with Crippen molar-refractivity contribution in [1.29, 1.82) is 0 Å². The van der Waals surface area contributed by atoms with Crippen molar-refractivity contribution >= 4 is 27.7 Å². The number of hydrogen-bond donors (Lipinski definition) is 0. The number of anilines is 1. The van der Waals surface area contributed by atoms with Gasteiger partial charge in [0.2, 0.25) is 0 Å². The van der Waals surface area contributed by atoms with Gasteiger partial charge in [-0.3, -0.25) is 0 Å². The molecule has 0 atom stereocenters. The molecule has 2 heterocycles. The zero-order chi connectivity index (χ0) is 13.1. The van der Waals surface area contributed by atoms with E-state index in [1.165, 1.54) is 7.11 Å². The number of rotatable bonds is 2. The van der Waals surface area contributed by atoms with Crippen molar-refractivity contribution in [3.8, 4) is 0 Å². The van der Waals surface area contributed by atoms with Crippen LogP contribution in [0.25, 0.3) is 0 Å². The smallest absolute Gasteiger partial charge is 0.357 e. The molecule has 1 fully saturated rings. The molecule has 0 aromatic carbocycles. The van der Waals surface area contributed by atoms with Crippen LogP contribution in [0, 0.1) is 0 Å². The zero-order valence-electron chi connectivity index (χ0n) is 10.5. The Morgan fingerprint density at radius 2 is 2.00 bits per heavy atom. The zero-order valence-corrected chi connectivity index (χ0v) is 12.1. The number of likely N-dealkylation sites (N-methyl/N-ethyl adjacent to an activating group) is 1. The number of carbonyl (C=O) groups is 1. The first-order valence-electron chi connectivity index (χ1n) is 5.80. The average molecular weight is 314 g/mol. The Hall–Kier alpha value is -1.14. The van der Waals surface area contributed by atoms with Gasteiger partial charge in [-0.25, -0.2) is 9.78 Å². The van der Waals surface area contributed by atoms with Gasteiger partial charge in [0.05, 0.1) is 11.6 Å². The third kappa shape index (κ3) is 2.81. The van der Waals surface area contributed by atoms with Gasteiger partial charge in [0.1, 0.15) is 5.82 Å². The van der Waals surface area contributed by atoms with Gasteiger partial charge in [0.15, 0.2) is 5.69 Å². The molecule has 0 bridgehead atoms. The lowest BCUT2D eigenvalue weighted by Gasteiger charge is -2.33. The van der Waals surface area contributed by atoms with Crippen LogP contribution in [0.5, 0.6) is 0 Å². The summed E-state index contributed by atoms with van der Waals surface area (Å²) in [4.78, 5) is 20.4. The number of methoxy groups -OCH3 is 1. The highest BCUT2D eigenvalue weighted by atomic mass is 79.9. The first-order chi connectivity index (χ1) is 8.61.